The third kappa shape index (κ3) is 2.17. The SMILES string of the molecule is C[C@H](O)[C@H](N)c1ccc(F)cc1N. The van der Waals surface area contributed by atoms with Crippen molar-refractivity contribution in [1.82, 2.24) is 0 Å². The molecular formula is C9H13FN2O. The number of benzene rings is 1. The maximum absolute atomic E-state index is 12.6. The molecule has 2 atom stereocenters. The summed E-state index contributed by atoms with van der Waals surface area (Å²) in [6, 6.07) is 3.38. The van der Waals surface area contributed by atoms with Crippen LogP contribution in [0.25, 0.3) is 0 Å². The molecule has 13 heavy (non-hydrogen) atoms. The van der Waals surface area contributed by atoms with Crippen molar-refractivity contribution in [3.05, 3.63) is 29.6 Å². The van der Waals surface area contributed by atoms with Gasteiger partial charge in [0.2, 0.25) is 0 Å². The molecule has 0 aliphatic carbocycles. The summed E-state index contributed by atoms with van der Waals surface area (Å²) in [5.41, 5.74) is 12.0. The molecule has 0 aliphatic heterocycles. The van der Waals surface area contributed by atoms with Crippen LogP contribution in [0, 0.1) is 5.82 Å². The van der Waals surface area contributed by atoms with Crippen LogP contribution in [-0.4, -0.2) is 11.2 Å². The lowest BCUT2D eigenvalue weighted by Crippen LogP contribution is -2.24. The highest BCUT2D eigenvalue weighted by Gasteiger charge is 2.14. The van der Waals surface area contributed by atoms with Crippen LogP contribution < -0.4 is 11.5 Å². The Hall–Kier alpha value is -1.13. The van der Waals surface area contributed by atoms with Gasteiger partial charge in [-0.2, -0.15) is 0 Å². The zero-order chi connectivity index (χ0) is 10.0. The molecule has 1 aromatic carbocycles. The van der Waals surface area contributed by atoms with Crippen LogP contribution in [0.4, 0.5) is 10.1 Å². The first-order chi connectivity index (χ1) is 6.02. The van der Waals surface area contributed by atoms with E-state index in [0.717, 1.165) is 0 Å². The van der Waals surface area contributed by atoms with Crippen molar-refractivity contribution < 1.29 is 9.50 Å². The van der Waals surface area contributed by atoms with Gasteiger partial charge in [-0.25, -0.2) is 4.39 Å². The maximum atomic E-state index is 12.6. The highest BCUT2D eigenvalue weighted by molar-refractivity contribution is 5.48. The Morgan fingerprint density at radius 2 is 2.08 bits per heavy atom. The molecular weight excluding hydrogens is 171 g/mol. The monoisotopic (exact) mass is 184 g/mol. The fourth-order valence-electron chi connectivity index (χ4n) is 1.11. The van der Waals surface area contributed by atoms with E-state index in [1.165, 1.54) is 18.2 Å². The van der Waals surface area contributed by atoms with Crippen LogP contribution in [0.5, 0.6) is 0 Å². The smallest absolute Gasteiger partial charge is 0.125 e. The lowest BCUT2D eigenvalue weighted by atomic mass is 10.0. The lowest BCUT2D eigenvalue weighted by Gasteiger charge is -2.16. The van der Waals surface area contributed by atoms with E-state index in [4.69, 9.17) is 11.5 Å². The molecule has 1 aromatic rings. The average Bonchev–Trinajstić information content (AvgIpc) is 2.03. The van der Waals surface area contributed by atoms with Gasteiger partial charge in [0.25, 0.3) is 0 Å². The van der Waals surface area contributed by atoms with Crippen LogP contribution in [0.1, 0.15) is 18.5 Å². The second-order valence-corrected chi connectivity index (χ2v) is 3.04. The second kappa shape index (κ2) is 3.72. The summed E-state index contributed by atoms with van der Waals surface area (Å²) in [7, 11) is 0. The average molecular weight is 184 g/mol. The summed E-state index contributed by atoms with van der Waals surface area (Å²) in [6.07, 6.45) is -0.701. The summed E-state index contributed by atoms with van der Waals surface area (Å²) in [5, 5.41) is 9.19. The predicted molar refractivity (Wildman–Crippen MR) is 49.4 cm³/mol. The van der Waals surface area contributed by atoms with Gasteiger partial charge in [-0.3, -0.25) is 0 Å². The molecule has 0 radical (unpaired) electrons. The third-order valence-electron chi connectivity index (χ3n) is 1.93. The molecule has 1 rings (SSSR count). The quantitative estimate of drug-likeness (QED) is 0.595. The Morgan fingerprint density at radius 1 is 1.46 bits per heavy atom. The minimum atomic E-state index is -0.701. The van der Waals surface area contributed by atoms with Crippen molar-refractivity contribution >= 4 is 5.69 Å². The summed E-state index contributed by atoms with van der Waals surface area (Å²) in [6.45, 7) is 1.56. The Balaban J connectivity index is 3.01. The van der Waals surface area contributed by atoms with Crippen molar-refractivity contribution in [3.8, 4) is 0 Å². The largest absolute Gasteiger partial charge is 0.398 e. The molecule has 72 valence electrons. The van der Waals surface area contributed by atoms with E-state index >= 15 is 0 Å². The zero-order valence-electron chi connectivity index (χ0n) is 7.37. The fourth-order valence-corrected chi connectivity index (χ4v) is 1.11. The molecule has 4 heteroatoms. The zero-order valence-corrected chi connectivity index (χ0v) is 7.37. The van der Waals surface area contributed by atoms with Crippen molar-refractivity contribution in [3.63, 3.8) is 0 Å². The highest BCUT2D eigenvalue weighted by Crippen LogP contribution is 2.21. The van der Waals surface area contributed by atoms with Gasteiger partial charge in [0.15, 0.2) is 0 Å². The van der Waals surface area contributed by atoms with Crippen LogP contribution in [-0.2, 0) is 0 Å². The molecule has 0 saturated carbocycles. The predicted octanol–water partition coefficient (Wildman–Crippen LogP) is 0.789. The minimum absolute atomic E-state index is 0.272. The Bertz CT molecular complexity index is 302. The summed E-state index contributed by atoms with van der Waals surface area (Å²) < 4.78 is 12.6. The molecule has 0 aromatic heterocycles. The van der Waals surface area contributed by atoms with E-state index in [-0.39, 0.29) is 5.69 Å². The minimum Gasteiger partial charge on any atom is -0.398 e. The van der Waals surface area contributed by atoms with E-state index in [2.05, 4.69) is 0 Å². The number of aliphatic hydroxyl groups is 1. The van der Waals surface area contributed by atoms with E-state index in [9.17, 15) is 9.50 Å². The van der Waals surface area contributed by atoms with Crippen LogP contribution >= 0.6 is 0 Å². The summed E-state index contributed by atoms with van der Waals surface area (Å²) >= 11 is 0. The van der Waals surface area contributed by atoms with Gasteiger partial charge < -0.3 is 16.6 Å². The molecule has 0 spiro atoms. The highest BCUT2D eigenvalue weighted by atomic mass is 19.1. The molecule has 0 amide bonds. The molecule has 0 bridgehead atoms. The van der Waals surface area contributed by atoms with Crippen molar-refractivity contribution in [2.45, 2.75) is 19.1 Å². The Kier molecular flexibility index (Phi) is 2.85. The number of nitrogens with two attached hydrogens (primary N) is 2. The number of aliphatic hydroxyl groups excluding tert-OH is 1. The van der Waals surface area contributed by atoms with E-state index in [1.54, 1.807) is 6.92 Å². The van der Waals surface area contributed by atoms with Crippen molar-refractivity contribution in [2.24, 2.45) is 5.73 Å². The van der Waals surface area contributed by atoms with Crippen molar-refractivity contribution in [2.75, 3.05) is 5.73 Å². The van der Waals surface area contributed by atoms with Crippen molar-refractivity contribution in [1.29, 1.82) is 0 Å². The number of rotatable bonds is 2. The summed E-state index contributed by atoms with van der Waals surface area (Å²) in [4.78, 5) is 0. The van der Waals surface area contributed by atoms with E-state index in [1.807, 2.05) is 0 Å². The number of nitrogen functional groups attached to an aromatic ring is 1. The number of hydrogen-bond donors (Lipinski definition) is 3. The van der Waals surface area contributed by atoms with Gasteiger partial charge in [-0.15, -0.1) is 0 Å². The van der Waals surface area contributed by atoms with Gasteiger partial charge >= 0.3 is 0 Å². The number of anilines is 1. The normalized spacial score (nSPS) is 15.4. The molecule has 0 heterocycles. The van der Waals surface area contributed by atoms with Gasteiger partial charge in [-0.1, -0.05) is 6.07 Å². The molecule has 0 unspecified atom stereocenters. The first kappa shape index (κ1) is 9.95. The van der Waals surface area contributed by atoms with E-state index in [0.29, 0.717) is 5.56 Å². The molecule has 0 saturated heterocycles. The topological polar surface area (TPSA) is 72.3 Å². The van der Waals surface area contributed by atoms with Crippen LogP contribution in [0.3, 0.4) is 0 Å². The molecule has 3 nitrogen and oxygen atoms in total. The standard InChI is InChI=1S/C9H13FN2O/c1-5(13)9(12)7-3-2-6(10)4-8(7)11/h2-5,9,13H,11-12H2,1H3/t5-,9-/m0/s1. The molecule has 0 fully saturated rings. The van der Waals surface area contributed by atoms with Gasteiger partial charge in [0, 0.05) is 5.69 Å². The fraction of sp³-hybridized carbons (Fsp3) is 0.333. The Morgan fingerprint density at radius 3 is 2.54 bits per heavy atom. The molecule has 0 aliphatic rings. The second-order valence-electron chi connectivity index (χ2n) is 3.04. The first-order valence-electron chi connectivity index (χ1n) is 4.01. The maximum Gasteiger partial charge on any atom is 0.125 e. The van der Waals surface area contributed by atoms with E-state index < -0.39 is 18.0 Å². The number of hydrogen-bond acceptors (Lipinski definition) is 3. The van der Waals surface area contributed by atoms with Crippen LogP contribution in [0.15, 0.2) is 18.2 Å². The first-order valence-corrected chi connectivity index (χ1v) is 4.01. The third-order valence-corrected chi connectivity index (χ3v) is 1.93. The van der Waals surface area contributed by atoms with Gasteiger partial charge in [0.05, 0.1) is 12.1 Å². The van der Waals surface area contributed by atoms with Gasteiger partial charge in [0.1, 0.15) is 5.82 Å². The van der Waals surface area contributed by atoms with Crippen LogP contribution in [0.2, 0.25) is 0 Å². The lowest BCUT2D eigenvalue weighted by molar-refractivity contribution is 0.164. The van der Waals surface area contributed by atoms with Gasteiger partial charge in [-0.05, 0) is 24.6 Å². The number of halogens is 1. The molecule has 5 N–H and O–H groups in total. The Labute approximate surface area is 76.2 Å². The summed E-state index contributed by atoms with van der Waals surface area (Å²) in [5.74, 6) is -0.404.